The van der Waals surface area contributed by atoms with Gasteiger partial charge in [-0.1, -0.05) is 29.8 Å². The summed E-state index contributed by atoms with van der Waals surface area (Å²) in [5.41, 5.74) is 7.40. The lowest BCUT2D eigenvalue weighted by Gasteiger charge is -2.10. The van der Waals surface area contributed by atoms with Gasteiger partial charge in [-0.25, -0.2) is 4.39 Å². The molecule has 0 aliphatic heterocycles. The molecule has 1 heterocycles. The van der Waals surface area contributed by atoms with Crippen molar-refractivity contribution in [2.24, 2.45) is 0 Å². The van der Waals surface area contributed by atoms with Gasteiger partial charge in [0.15, 0.2) is 0 Å². The van der Waals surface area contributed by atoms with Crippen LogP contribution in [0.2, 0.25) is 5.02 Å². The fraction of sp³-hybridized carbons (Fsp3) is 0. The molecule has 0 amide bonds. The Balaban J connectivity index is 2.33. The summed E-state index contributed by atoms with van der Waals surface area (Å²) in [4.78, 5) is 0. The van der Waals surface area contributed by atoms with E-state index in [9.17, 15) is 4.39 Å². The van der Waals surface area contributed by atoms with Crippen molar-refractivity contribution in [3.05, 3.63) is 59.5 Å². The van der Waals surface area contributed by atoms with Gasteiger partial charge in [-0.2, -0.15) is 0 Å². The Hall–Kier alpha value is -2.00. The maximum Gasteiger partial charge on any atom is 0.149 e. The lowest BCUT2D eigenvalue weighted by Crippen LogP contribution is -2.01. The molecule has 1 aromatic heterocycles. The van der Waals surface area contributed by atoms with Crippen LogP contribution < -0.4 is 5.73 Å². The predicted molar refractivity (Wildman–Crippen MR) is 72.7 cm³/mol. The Labute approximate surface area is 108 Å². The molecule has 0 saturated carbocycles. The highest BCUT2D eigenvalue weighted by Gasteiger charge is 2.10. The number of anilines is 1. The molecule has 3 aromatic rings. The summed E-state index contributed by atoms with van der Waals surface area (Å²) in [5.74, 6) is -0.504. The molecule has 0 radical (unpaired) electrons. The first-order valence-electron chi connectivity index (χ1n) is 5.48. The minimum Gasteiger partial charge on any atom is -0.395 e. The molecule has 0 saturated heterocycles. The van der Waals surface area contributed by atoms with Crippen LogP contribution in [0.5, 0.6) is 0 Å². The van der Waals surface area contributed by atoms with Crippen molar-refractivity contribution in [3.8, 4) is 5.69 Å². The molecule has 0 aliphatic carbocycles. The Kier molecular flexibility index (Phi) is 2.49. The molecule has 2 aromatic carbocycles. The van der Waals surface area contributed by atoms with Crippen LogP contribution in [-0.2, 0) is 0 Å². The first kappa shape index (κ1) is 11.1. The third-order valence-electron chi connectivity index (χ3n) is 2.93. The lowest BCUT2D eigenvalue weighted by molar-refractivity contribution is 0.632. The smallest absolute Gasteiger partial charge is 0.149 e. The molecule has 90 valence electrons. The summed E-state index contributed by atoms with van der Waals surface area (Å²) in [5, 5.41) is 1.40. The molecule has 4 heteroatoms. The fourth-order valence-corrected chi connectivity index (χ4v) is 2.26. The quantitative estimate of drug-likeness (QED) is 0.659. The number of aromatic nitrogens is 1. The van der Waals surface area contributed by atoms with Crippen LogP contribution in [0.15, 0.2) is 48.7 Å². The molecule has 2 N–H and O–H groups in total. The first-order valence-corrected chi connectivity index (χ1v) is 5.85. The minimum atomic E-state index is -0.504. The molecule has 0 bridgehead atoms. The SMILES string of the molecule is Nc1c(F)cc(Cl)cc1-n1ccc2ccccc21. The number of nitrogens with zero attached hydrogens (tertiary/aromatic N) is 1. The van der Waals surface area contributed by atoms with E-state index in [-0.39, 0.29) is 5.69 Å². The number of nitrogen functional groups attached to an aromatic ring is 1. The second-order valence-electron chi connectivity index (χ2n) is 4.06. The predicted octanol–water partition coefficient (Wildman–Crippen LogP) is 4.01. The molecule has 0 fully saturated rings. The zero-order chi connectivity index (χ0) is 12.7. The number of hydrogen-bond donors (Lipinski definition) is 1. The van der Waals surface area contributed by atoms with Crippen LogP contribution in [0, 0.1) is 5.82 Å². The van der Waals surface area contributed by atoms with Crippen molar-refractivity contribution < 1.29 is 4.39 Å². The zero-order valence-corrected chi connectivity index (χ0v) is 10.2. The second kappa shape index (κ2) is 4.03. The van der Waals surface area contributed by atoms with E-state index in [2.05, 4.69) is 0 Å². The maximum absolute atomic E-state index is 13.6. The molecule has 18 heavy (non-hydrogen) atoms. The van der Waals surface area contributed by atoms with Gasteiger partial charge in [-0.3, -0.25) is 0 Å². The van der Waals surface area contributed by atoms with Crippen molar-refractivity contribution in [1.82, 2.24) is 4.57 Å². The van der Waals surface area contributed by atoms with Crippen molar-refractivity contribution in [3.63, 3.8) is 0 Å². The molecular weight excluding hydrogens is 251 g/mol. The number of benzene rings is 2. The van der Waals surface area contributed by atoms with Crippen molar-refractivity contribution in [2.45, 2.75) is 0 Å². The van der Waals surface area contributed by atoms with Crippen LogP contribution in [-0.4, -0.2) is 4.57 Å². The van der Waals surface area contributed by atoms with Crippen LogP contribution in [0.3, 0.4) is 0 Å². The van der Waals surface area contributed by atoms with E-state index < -0.39 is 5.82 Å². The Morgan fingerprint density at radius 2 is 1.89 bits per heavy atom. The summed E-state index contributed by atoms with van der Waals surface area (Å²) in [6, 6.07) is 12.6. The van der Waals surface area contributed by atoms with Crippen LogP contribution in [0.4, 0.5) is 10.1 Å². The van der Waals surface area contributed by atoms with Gasteiger partial charge in [-0.15, -0.1) is 0 Å². The van der Waals surface area contributed by atoms with Gasteiger partial charge in [0.05, 0.1) is 16.9 Å². The monoisotopic (exact) mass is 260 g/mol. The van der Waals surface area contributed by atoms with E-state index >= 15 is 0 Å². The summed E-state index contributed by atoms with van der Waals surface area (Å²) < 4.78 is 15.4. The van der Waals surface area contributed by atoms with E-state index in [1.807, 2.05) is 41.1 Å². The number of halogens is 2. The number of nitrogens with two attached hydrogens (primary N) is 1. The van der Waals surface area contributed by atoms with E-state index in [0.717, 1.165) is 10.9 Å². The topological polar surface area (TPSA) is 30.9 Å². The van der Waals surface area contributed by atoms with Crippen molar-refractivity contribution >= 4 is 28.2 Å². The zero-order valence-electron chi connectivity index (χ0n) is 9.40. The molecule has 0 unspecified atom stereocenters. The van der Waals surface area contributed by atoms with Crippen LogP contribution in [0.25, 0.3) is 16.6 Å². The average molecular weight is 261 g/mol. The van der Waals surface area contributed by atoms with Crippen molar-refractivity contribution in [1.29, 1.82) is 0 Å². The van der Waals surface area contributed by atoms with Gasteiger partial charge in [0, 0.05) is 11.2 Å². The second-order valence-corrected chi connectivity index (χ2v) is 4.50. The van der Waals surface area contributed by atoms with Crippen molar-refractivity contribution in [2.75, 3.05) is 5.73 Å². The van der Waals surface area contributed by atoms with Crippen LogP contribution >= 0.6 is 11.6 Å². The van der Waals surface area contributed by atoms with Gasteiger partial charge in [0.1, 0.15) is 5.82 Å². The van der Waals surface area contributed by atoms with E-state index in [4.69, 9.17) is 17.3 Å². The molecule has 3 rings (SSSR count). The Morgan fingerprint density at radius 3 is 2.72 bits per heavy atom. The van der Waals surface area contributed by atoms with E-state index in [0.29, 0.717) is 10.7 Å². The normalized spacial score (nSPS) is 11.0. The molecular formula is C14H10ClFN2. The molecule has 0 atom stereocenters. The van der Waals surface area contributed by atoms with Gasteiger partial charge >= 0.3 is 0 Å². The number of rotatable bonds is 1. The van der Waals surface area contributed by atoms with Gasteiger partial charge in [-0.05, 0) is 29.7 Å². The highest BCUT2D eigenvalue weighted by atomic mass is 35.5. The van der Waals surface area contributed by atoms with Gasteiger partial charge in [0.25, 0.3) is 0 Å². The third-order valence-corrected chi connectivity index (χ3v) is 3.15. The number of fused-ring (bicyclic) bond motifs is 1. The number of para-hydroxylation sites is 1. The third kappa shape index (κ3) is 1.64. The lowest BCUT2D eigenvalue weighted by atomic mass is 10.2. The summed E-state index contributed by atoms with van der Waals surface area (Å²) >= 11 is 5.88. The molecule has 0 aliphatic rings. The Bertz CT molecular complexity index is 734. The summed E-state index contributed by atoms with van der Waals surface area (Å²) in [7, 11) is 0. The van der Waals surface area contributed by atoms with Crippen LogP contribution in [0.1, 0.15) is 0 Å². The van der Waals surface area contributed by atoms with E-state index in [1.165, 1.54) is 6.07 Å². The number of hydrogen-bond acceptors (Lipinski definition) is 1. The average Bonchev–Trinajstić information content (AvgIpc) is 2.77. The summed E-state index contributed by atoms with van der Waals surface area (Å²) in [6.45, 7) is 0. The standard InChI is InChI=1S/C14H10ClFN2/c15-10-7-11(16)14(17)13(8-10)18-6-5-9-3-1-2-4-12(9)18/h1-8H,17H2. The highest BCUT2D eigenvalue weighted by molar-refractivity contribution is 6.30. The highest BCUT2D eigenvalue weighted by Crippen LogP contribution is 2.28. The van der Waals surface area contributed by atoms with Gasteiger partial charge < -0.3 is 10.3 Å². The molecule has 2 nitrogen and oxygen atoms in total. The summed E-state index contributed by atoms with van der Waals surface area (Å²) in [6.07, 6.45) is 1.85. The first-order chi connectivity index (χ1) is 8.66. The van der Waals surface area contributed by atoms with Gasteiger partial charge in [0.2, 0.25) is 0 Å². The molecule has 0 spiro atoms. The largest absolute Gasteiger partial charge is 0.395 e. The van der Waals surface area contributed by atoms with E-state index in [1.54, 1.807) is 6.07 Å². The fourth-order valence-electron chi connectivity index (χ4n) is 2.06. The minimum absolute atomic E-state index is 0.0979. The Morgan fingerprint density at radius 1 is 1.11 bits per heavy atom. The maximum atomic E-state index is 13.6.